The topological polar surface area (TPSA) is 59.6 Å². The van der Waals surface area contributed by atoms with Crippen molar-refractivity contribution in [2.45, 2.75) is 13.5 Å². The van der Waals surface area contributed by atoms with Gasteiger partial charge in [-0.25, -0.2) is 0 Å². The van der Waals surface area contributed by atoms with Crippen LogP contribution in [0.15, 0.2) is 97.1 Å². The Morgan fingerprint density at radius 1 is 0.889 bits per heavy atom. The number of anilines is 3. The van der Waals surface area contributed by atoms with Gasteiger partial charge in [0.1, 0.15) is 6.61 Å². The first-order chi connectivity index (χ1) is 17.5. The number of hydrogen-bond donors (Lipinski definition) is 2. The number of nitrogens with one attached hydrogen (secondary N) is 2. The number of amides is 1. The Kier molecular flexibility index (Phi) is 8.27. The van der Waals surface area contributed by atoms with Crippen molar-refractivity contribution in [3.8, 4) is 11.5 Å². The van der Waals surface area contributed by atoms with Crippen LogP contribution in [-0.2, 0) is 11.4 Å². The molecule has 182 valence electrons. The SMILES string of the molecule is COc1cc(/C=C/C(=O)Nc2ccccc2Nc2ccc(C)cc2)ccc1OCc1ccc(Cl)cc1. The van der Waals surface area contributed by atoms with Crippen LogP contribution in [0.4, 0.5) is 17.1 Å². The lowest BCUT2D eigenvalue weighted by Crippen LogP contribution is -2.09. The summed E-state index contributed by atoms with van der Waals surface area (Å²) in [6.45, 7) is 2.43. The second kappa shape index (κ2) is 12.0. The third kappa shape index (κ3) is 6.90. The first-order valence-corrected chi connectivity index (χ1v) is 11.8. The van der Waals surface area contributed by atoms with Gasteiger partial charge in [0.2, 0.25) is 5.91 Å². The number of para-hydroxylation sites is 2. The highest BCUT2D eigenvalue weighted by Gasteiger charge is 2.08. The highest BCUT2D eigenvalue weighted by molar-refractivity contribution is 6.30. The van der Waals surface area contributed by atoms with Crippen LogP contribution in [0.1, 0.15) is 16.7 Å². The van der Waals surface area contributed by atoms with Gasteiger partial charge in [0.05, 0.1) is 18.5 Å². The molecule has 4 rings (SSSR count). The van der Waals surface area contributed by atoms with Crippen molar-refractivity contribution in [1.29, 1.82) is 0 Å². The van der Waals surface area contributed by atoms with Crippen LogP contribution in [0.2, 0.25) is 5.02 Å². The van der Waals surface area contributed by atoms with Crippen molar-refractivity contribution >= 4 is 40.6 Å². The maximum absolute atomic E-state index is 12.6. The van der Waals surface area contributed by atoms with Gasteiger partial charge < -0.3 is 20.1 Å². The van der Waals surface area contributed by atoms with Gasteiger partial charge in [-0.15, -0.1) is 0 Å². The predicted molar refractivity (Wildman–Crippen MR) is 147 cm³/mol. The number of rotatable bonds is 9. The zero-order chi connectivity index (χ0) is 25.3. The van der Waals surface area contributed by atoms with Gasteiger partial charge in [-0.2, -0.15) is 0 Å². The van der Waals surface area contributed by atoms with Gasteiger partial charge in [-0.05, 0) is 72.7 Å². The first-order valence-electron chi connectivity index (χ1n) is 11.5. The fourth-order valence-corrected chi connectivity index (χ4v) is 3.61. The van der Waals surface area contributed by atoms with Gasteiger partial charge in [0, 0.05) is 16.8 Å². The van der Waals surface area contributed by atoms with Crippen molar-refractivity contribution in [2.24, 2.45) is 0 Å². The number of carbonyl (C=O) groups is 1. The molecule has 36 heavy (non-hydrogen) atoms. The second-order valence-corrected chi connectivity index (χ2v) is 8.62. The Hall–Kier alpha value is -4.22. The van der Waals surface area contributed by atoms with Gasteiger partial charge in [0.25, 0.3) is 0 Å². The van der Waals surface area contributed by atoms with Crippen molar-refractivity contribution in [3.63, 3.8) is 0 Å². The molecular weight excluding hydrogens is 472 g/mol. The Morgan fingerprint density at radius 2 is 1.61 bits per heavy atom. The van der Waals surface area contributed by atoms with Gasteiger partial charge >= 0.3 is 0 Å². The molecule has 5 nitrogen and oxygen atoms in total. The molecule has 0 heterocycles. The summed E-state index contributed by atoms with van der Waals surface area (Å²) in [6, 6.07) is 28.7. The Morgan fingerprint density at radius 3 is 2.33 bits per heavy atom. The summed E-state index contributed by atoms with van der Waals surface area (Å²) >= 11 is 5.94. The zero-order valence-corrected chi connectivity index (χ0v) is 20.9. The molecule has 0 aliphatic heterocycles. The van der Waals surface area contributed by atoms with E-state index in [0.29, 0.717) is 28.8 Å². The molecule has 0 aliphatic carbocycles. The van der Waals surface area contributed by atoms with E-state index in [9.17, 15) is 4.79 Å². The molecule has 0 unspecified atom stereocenters. The molecule has 0 saturated carbocycles. The third-order valence-electron chi connectivity index (χ3n) is 5.44. The van der Waals surface area contributed by atoms with Crippen LogP contribution in [0.25, 0.3) is 6.08 Å². The van der Waals surface area contributed by atoms with Crippen LogP contribution < -0.4 is 20.1 Å². The highest BCUT2D eigenvalue weighted by Crippen LogP contribution is 2.30. The maximum Gasteiger partial charge on any atom is 0.248 e. The van der Waals surface area contributed by atoms with Gasteiger partial charge in [-0.3, -0.25) is 4.79 Å². The number of ether oxygens (including phenoxy) is 2. The summed E-state index contributed by atoms with van der Waals surface area (Å²) in [5, 5.41) is 6.97. The van der Waals surface area contributed by atoms with E-state index in [-0.39, 0.29) is 5.91 Å². The number of methoxy groups -OCH3 is 1. The summed E-state index contributed by atoms with van der Waals surface area (Å²) in [4.78, 5) is 12.6. The average molecular weight is 499 g/mol. The van der Waals surface area contributed by atoms with E-state index in [2.05, 4.69) is 10.6 Å². The molecule has 1 amide bonds. The average Bonchev–Trinajstić information content (AvgIpc) is 2.90. The minimum Gasteiger partial charge on any atom is -0.493 e. The van der Waals surface area contributed by atoms with Crippen LogP contribution in [-0.4, -0.2) is 13.0 Å². The van der Waals surface area contributed by atoms with Crippen LogP contribution in [0.3, 0.4) is 0 Å². The summed E-state index contributed by atoms with van der Waals surface area (Å²) < 4.78 is 11.4. The Bertz CT molecular complexity index is 1350. The quantitative estimate of drug-likeness (QED) is 0.233. The first kappa shape index (κ1) is 24.9. The lowest BCUT2D eigenvalue weighted by Gasteiger charge is -2.13. The molecule has 4 aromatic rings. The molecular formula is C30H27ClN2O3. The summed E-state index contributed by atoms with van der Waals surface area (Å²) in [5.41, 5.74) is 5.45. The monoisotopic (exact) mass is 498 g/mol. The molecule has 4 aromatic carbocycles. The number of benzene rings is 4. The molecule has 0 atom stereocenters. The van der Waals surface area contributed by atoms with Gasteiger partial charge in [0.15, 0.2) is 11.5 Å². The Balaban J connectivity index is 1.39. The van der Waals surface area contributed by atoms with E-state index < -0.39 is 0 Å². The molecule has 0 aliphatic rings. The highest BCUT2D eigenvalue weighted by atomic mass is 35.5. The molecule has 2 N–H and O–H groups in total. The molecule has 6 heteroatoms. The third-order valence-corrected chi connectivity index (χ3v) is 5.69. The molecule has 0 spiro atoms. The standard InChI is InChI=1S/C30H27ClN2O3/c1-21-7-15-25(16-8-21)32-26-5-3-4-6-27(26)33-30(34)18-12-22-11-17-28(29(19-22)35-2)36-20-23-9-13-24(31)14-10-23/h3-19,32H,20H2,1-2H3,(H,33,34)/b18-12+. The molecule has 0 bridgehead atoms. The molecule has 0 fully saturated rings. The minimum absolute atomic E-state index is 0.241. The number of halogens is 1. The van der Waals surface area contributed by atoms with E-state index >= 15 is 0 Å². The number of carbonyl (C=O) groups excluding carboxylic acids is 1. The van der Waals surface area contributed by atoms with Crippen LogP contribution >= 0.6 is 11.6 Å². The zero-order valence-electron chi connectivity index (χ0n) is 20.1. The second-order valence-electron chi connectivity index (χ2n) is 8.18. The molecule has 0 saturated heterocycles. The lowest BCUT2D eigenvalue weighted by atomic mass is 10.1. The largest absolute Gasteiger partial charge is 0.493 e. The van der Waals surface area contributed by atoms with Crippen molar-refractivity contribution in [3.05, 3.63) is 119 Å². The molecule has 0 radical (unpaired) electrons. The fraction of sp³-hybridized carbons (Fsp3) is 0.100. The van der Waals surface area contributed by atoms with E-state index in [4.69, 9.17) is 21.1 Å². The maximum atomic E-state index is 12.6. The Labute approximate surface area is 216 Å². The van der Waals surface area contributed by atoms with Crippen molar-refractivity contribution in [1.82, 2.24) is 0 Å². The number of aryl methyl sites for hydroxylation is 1. The summed E-state index contributed by atoms with van der Waals surface area (Å²) in [7, 11) is 1.59. The van der Waals surface area contributed by atoms with Gasteiger partial charge in [-0.1, -0.05) is 59.6 Å². The fourth-order valence-electron chi connectivity index (χ4n) is 3.49. The van der Waals surface area contributed by atoms with E-state index in [1.807, 2.05) is 97.9 Å². The predicted octanol–water partition coefficient (Wildman–Crippen LogP) is 7.63. The number of hydrogen-bond acceptors (Lipinski definition) is 4. The smallest absolute Gasteiger partial charge is 0.248 e. The van der Waals surface area contributed by atoms with E-state index in [1.165, 1.54) is 11.6 Å². The normalized spacial score (nSPS) is 10.8. The lowest BCUT2D eigenvalue weighted by molar-refractivity contribution is -0.111. The van der Waals surface area contributed by atoms with Crippen molar-refractivity contribution < 1.29 is 14.3 Å². The van der Waals surface area contributed by atoms with E-state index in [1.54, 1.807) is 13.2 Å². The van der Waals surface area contributed by atoms with Crippen molar-refractivity contribution in [2.75, 3.05) is 17.7 Å². The summed E-state index contributed by atoms with van der Waals surface area (Å²) in [5.74, 6) is 0.958. The summed E-state index contributed by atoms with van der Waals surface area (Å²) in [6.07, 6.45) is 3.22. The van der Waals surface area contributed by atoms with Crippen LogP contribution in [0.5, 0.6) is 11.5 Å². The molecule has 0 aromatic heterocycles. The van der Waals surface area contributed by atoms with E-state index in [0.717, 1.165) is 22.5 Å². The minimum atomic E-state index is -0.241. The van der Waals surface area contributed by atoms with Crippen LogP contribution in [0, 0.1) is 6.92 Å².